The Kier molecular flexibility index (Phi) is 4.63. The summed E-state index contributed by atoms with van der Waals surface area (Å²) in [7, 11) is 5.62. The number of furan rings is 1. The van der Waals surface area contributed by atoms with Gasteiger partial charge in [0.25, 0.3) is 5.91 Å². The van der Waals surface area contributed by atoms with Gasteiger partial charge in [-0.25, -0.2) is 0 Å². The molecule has 0 aliphatic rings. The molecule has 0 atom stereocenters. The van der Waals surface area contributed by atoms with Crippen LogP contribution in [0.4, 0.5) is 0 Å². The highest BCUT2D eigenvalue weighted by molar-refractivity contribution is 5.96. The van der Waals surface area contributed by atoms with E-state index < -0.39 is 0 Å². The van der Waals surface area contributed by atoms with Crippen LogP contribution in [0.3, 0.4) is 0 Å². The maximum atomic E-state index is 12.0. The molecule has 1 heterocycles. The first-order valence-corrected chi connectivity index (χ1v) is 6.60. The van der Waals surface area contributed by atoms with Gasteiger partial charge in [0.2, 0.25) is 0 Å². The number of fused-ring (bicyclic) bond motifs is 1. The predicted molar refractivity (Wildman–Crippen MR) is 78.3 cm³/mol. The van der Waals surface area contributed by atoms with Crippen molar-refractivity contribution < 1.29 is 13.9 Å². The molecule has 0 fully saturated rings. The second kappa shape index (κ2) is 6.43. The molecule has 1 N–H and O–H groups in total. The lowest BCUT2D eigenvalue weighted by Crippen LogP contribution is -2.26. The van der Waals surface area contributed by atoms with Crippen LogP contribution in [0.1, 0.15) is 17.0 Å². The largest absolute Gasteiger partial charge is 0.497 e. The second-order valence-corrected chi connectivity index (χ2v) is 4.93. The first-order chi connectivity index (χ1) is 9.60. The van der Waals surface area contributed by atoms with Crippen molar-refractivity contribution in [3.8, 4) is 5.75 Å². The van der Waals surface area contributed by atoms with E-state index in [-0.39, 0.29) is 5.91 Å². The molecule has 0 aliphatic heterocycles. The average Bonchev–Trinajstić information content (AvgIpc) is 2.85. The van der Waals surface area contributed by atoms with E-state index in [0.717, 1.165) is 18.4 Å². The van der Waals surface area contributed by atoms with E-state index >= 15 is 0 Å². The van der Waals surface area contributed by atoms with Crippen LogP contribution in [0.5, 0.6) is 5.75 Å². The van der Waals surface area contributed by atoms with Gasteiger partial charge in [-0.3, -0.25) is 4.79 Å². The topological polar surface area (TPSA) is 54.7 Å². The third kappa shape index (κ3) is 3.51. The monoisotopic (exact) mass is 276 g/mol. The van der Waals surface area contributed by atoms with Crippen molar-refractivity contribution in [1.29, 1.82) is 0 Å². The third-order valence-corrected chi connectivity index (χ3v) is 3.02. The van der Waals surface area contributed by atoms with Crippen LogP contribution in [-0.4, -0.2) is 45.1 Å². The molecule has 1 aromatic heterocycles. The van der Waals surface area contributed by atoms with E-state index in [9.17, 15) is 4.79 Å². The highest BCUT2D eigenvalue weighted by atomic mass is 16.5. The molecule has 2 rings (SSSR count). The molecule has 0 bridgehead atoms. The zero-order chi connectivity index (χ0) is 14.5. The van der Waals surface area contributed by atoms with Crippen LogP contribution in [0.25, 0.3) is 11.0 Å². The SMILES string of the molecule is COc1ccc2cc(C(=O)NCCCN(C)C)oc2c1. The van der Waals surface area contributed by atoms with Crippen LogP contribution in [0, 0.1) is 0 Å². The molecular weight excluding hydrogens is 256 g/mol. The molecule has 0 unspecified atom stereocenters. The van der Waals surface area contributed by atoms with Crippen molar-refractivity contribution in [2.45, 2.75) is 6.42 Å². The minimum absolute atomic E-state index is 0.182. The standard InChI is InChI=1S/C15H20N2O3/c1-17(2)8-4-7-16-15(18)14-9-11-5-6-12(19-3)10-13(11)20-14/h5-6,9-10H,4,7-8H2,1-3H3,(H,16,18). The first kappa shape index (κ1) is 14.4. The van der Waals surface area contributed by atoms with Gasteiger partial charge in [0.1, 0.15) is 11.3 Å². The molecule has 0 saturated carbocycles. The fourth-order valence-corrected chi connectivity index (χ4v) is 1.93. The molecule has 1 aromatic carbocycles. The predicted octanol–water partition coefficient (Wildman–Crippen LogP) is 2.12. The molecule has 0 radical (unpaired) electrons. The zero-order valence-corrected chi connectivity index (χ0v) is 12.1. The minimum Gasteiger partial charge on any atom is -0.497 e. The molecule has 5 nitrogen and oxygen atoms in total. The van der Waals surface area contributed by atoms with Crippen LogP contribution >= 0.6 is 0 Å². The highest BCUT2D eigenvalue weighted by Gasteiger charge is 2.12. The van der Waals surface area contributed by atoms with E-state index in [1.165, 1.54) is 0 Å². The van der Waals surface area contributed by atoms with Crippen LogP contribution in [0.15, 0.2) is 28.7 Å². The van der Waals surface area contributed by atoms with Crippen molar-refractivity contribution in [2.75, 3.05) is 34.3 Å². The van der Waals surface area contributed by atoms with E-state index in [1.807, 2.05) is 26.2 Å². The van der Waals surface area contributed by atoms with Gasteiger partial charge in [-0.2, -0.15) is 0 Å². The Balaban J connectivity index is 1.99. The van der Waals surface area contributed by atoms with Gasteiger partial charge in [-0.15, -0.1) is 0 Å². The molecule has 0 aliphatic carbocycles. The molecule has 108 valence electrons. The Morgan fingerprint density at radius 2 is 2.15 bits per heavy atom. The summed E-state index contributed by atoms with van der Waals surface area (Å²) < 4.78 is 10.7. The number of hydrogen-bond donors (Lipinski definition) is 1. The smallest absolute Gasteiger partial charge is 0.287 e. The van der Waals surface area contributed by atoms with Crippen molar-refractivity contribution in [3.63, 3.8) is 0 Å². The zero-order valence-electron chi connectivity index (χ0n) is 12.1. The molecule has 2 aromatic rings. The van der Waals surface area contributed by atoms with Crippen LogP contribution in [0.2, 0.25) is 0 Å². The number of nitrogens with one attached hydrogen (secondary N) is 1. The summed E-state index contributed by atoms with van der Waals surface area (Å²) in [6.45, 7) is 1.58. The Labute approximate surface area is 118 Å². The van der Waals surface area contributed by atoms with Crippen LogP contribution < -0.4 is 10.1 Å². The van der Waals surface area contributed by atoms with Gasteiger partial charge in [0, 0.05) is 18.0 Å². The normalized spacial score (nSPS) is 11.0. The number of carbonyl (C=O) groups is 1. The maximum Gasteiger partial charge on any atom is 0.287 e. The molecular formula is C15H20N2O3. The highest BCUT2D eigenvalue weighted by Crippen LogP contribution is 2.24. The second-order valence-electron chi connectivity index (χ2n) is 4.93. The first-order valence-electron chi connectivity index (χ1n) is 6.60. The summed E-state index contributed by atoms with van der Waals surface area (Å²) in [6.07, 6.45) is 0.910. The van der Waals surface area contributed by atoms with Gasteiger partial charge >= 0.3 is 0 Å². The number of benzene rings is 1. The molecule has 1 amide bonds. The van der Waals surface area contributed by atoms with E-state index in [2.05, 4.69) is 10.2 Å². The lowest BCUT2D eigenvalue weighted by molar-refractivity contribution is 0.0927. The summed E-state index contributed by atoms with van der Waals surface area (Å²) in [5.74, 6) is 0.863. The third-order valence-electron chi connectivity index (χ3n) is 3.02. The van der Waals surface area contributed by atoms with E-state index in [0.29, 0.717) is 23.6 Å². The summed E-state index contributed by atoms with van der Waals surface area (Å²) >= 11 is 0. The average molecular weight is 276 g/mol. The summed E-state index contributed by atoms with van der Waals surface area (Å²) in [6, 6.07) is 7.24. The lowest BCUT2D eigenvalue weighted by atomic mass is 10.2. The number of carbonyl (C=O) groups excluding carboxylic acids is 1. The Bertz CT molecular complexity index is 590. The van der Waals surface area contributed by atoms with E-state index in [4.69, 9.17) is 9.15 Å². The van der Waals surface area contributed by atoms with Crippen molar-refractivity contribution >= 4 is 16.9 Å². The molecule has 20 heavy (non-hydrogen) atoms. The fourth-order valence-electron chi connectivity index (χ4n) is 1.93. The number of nitrogens with zero attached hydrogens (tertiary/aromatic N) is 1. The molecule has 0 saturated heterocycles. The van der Waals surface area contributed by atoms with Crippen molar-refractivity contribution in [2.24, 2.45) is 0 Å². The van der Waals surface area contributed by atoms with Gasteiger partial charge in [-0.05, 0) is 45.3 Å². The number of amides is 1. The van der Waals surface area contributed by atoms with Crippen molar-refractivity contribution in [1.82, 2.24) is 10.2 Å². The molecule has 5 heteroatoms. The Hall–Kier alpha value is -2.01. The van der Waals surface area contributed by atoms with Gasteiger partial charge in [0.05, 0.1) is 7.11 Å². The lowest BCUT2D eigenvalue weighted by Gasteiger charge is -2.08. The number of ether oxygens (including phenoxy) is 1. The number of hydrogen-bond acceptors (Lipinski definition) is 4. The summed E-state index contributed by atoms with van der Waals surface area (Å²) in [4.78, 5) is 14.0. The van der Waals surface area contributed by atoms with Crippen LogP contribution in [-0.2, 0) is 0 Å². The summed E-state index contributed by atoms with van der Waals surface area (Å²) in [5.41, 5.74) is 0.655. The quantitative estimate of drug-likeness (QED) is 0.821. The van der Waals surface area contributed by atoms with E-state index in [1.54, 1.807) is 19.2 Å². The Morgan fingerprint density at radius 3 is 2.85 bits per heavy atom. The molecule has 0 spiro atoms. The minimum atomic E-state index is -0.182. The van der Waals surface area contributed by atoms with Gasteiger partial charge in [0.15, 0.2) is 5.76 Å². The number of rotatable bonds is 6. The fraction of sp³-hybridized carbons (Fsp3) is 0.400. The number of methoxy groups -OCH3 is 1. The van der Waals surface area contributed by atoms with Gasteiger partial charge in [-0.1, -0.05) is 0 Å². The maximum absolute atomic E-state index is 12.0. The summed E-state index contributed by atoms with van der Waals surface area (Å²) in [5, 5.41) is 3.75. The Morgan fingerprint density at radius 1 is 1.35 bits per heavy atom. The van der Waals surface area contributed by atoms with Crippen molar-refractivity contribution in [3.05, 3.63) is 30.0 Å². The van der Waals surface area contributed by atoms with Gasteiger partial charge < -0.3 is 19.4 Å².